The summed E-state index contributed by atoms with van der Waals surface area (Å²) in [5.41, 5.74) is 2.42. The summed E-state index contributed by atoms with van der Waals surface area (Å²) in [5, 5.41) is 3.67. The molecule has 0 amide bonds. The molecule has 0 spiro atoms. The molecule has 2 aromatic rings. The first-order valence-corrected chi connectivity index (χ1v) is 8.42. The predicted molar refractivity (Wildman–Crippen MR) is 84.8 cm³/mol. The fourth-order valence-corrected chi connectivity index (χ4v) is 3.71. The number of halogens is 1. The number of hydrogen-bond acceptors (Lipinski definition) is 2. The Labute approximate surface area is 127 Å². The number of nitrogens with zero attached hydrogens (tertiary/aromatic N) is 2. The summed E-state index contributed by atoms with van der Waals surface area (Å²) in [6, 6.07) is 7.58. The molecule has 1 N–H and O–H groups in total. The summed E-state index contributed by atoms with van der Waals surface area (Å²) in [5.74, 6) is 2.05. The molecule has 2 atom stereocenters. The van der Waals surface area contributed by atoms with E-state index in [4.69, 9.17) is 4.98 Å². The van der Waals surface area contributed by atoms with Crippen molar-refractivity contribution in [3.05, 3.63) is 28.5 Å². The lowest BCUT2D eigenvalue weighted by Gasteiger charge is -2.28. The fraction of sp³-hybridized carbons (Fsp3) is 0.562. The minimum Gasteiger partial charge on any atom is -0.324 e. The Kier molecular flexibility index (Phi) is 3.11. The van der Waals surface area contributed by atoms with Crippen LogP contribution in [-0.2, 0) is 0 Å². The number of nitrogens with one attached hydrogen (secondary N) is 1. The van der Waals surface area contributed by atoms with Crippen LogP contribution in [0.3, 0.4) is 0 Å². The summed E-state index contributed by atoms with van der Waals surface area (Å²) in [4.78, 5) is 4.96. The first-order valence-electron chi connectivity index (χ1n) is 7.63. The topological polar surface area (TPSA) is 29.9 Å². The minimum absolute atomic E-state index is 0.422. The van der Waals surface area contributed by atoms with Crippen LogP contribution in [0.4, 0.5) is 0 Å². The van der Waals surface area contributed by atoms with Crippen LogP contribution < -0.4 is 5.32 Å². The zero-order valence-corrected chi connectivity index (χ0v) is 13.4. The van der Waals surface area contributed by atoms with Gasteiger partial charge in [-0.15, -0.1) is 0 Å². The zero-order chi connectivity index (χ0) is 13.7. The van der Waals surface area contributed by atoms with Crippen molar-refractivity contribution in [3.63, 3.8) is 0 Å². The Morgan fingerprint density at radius 1 is 1.30 bits per heavy atom. The molecule has 1 aromatic carbocycles. The molecular weight excluding hydrogens is 314 g/mol. The molecule has 4 rings (SSSR count). The Hall–Kier alpha value is -0.870. The van der Waals surface area contributed by atoms with E-state index < -0.39 is 0 Å². The smallest absolute Gasteiger partial charge is 0.127 e. The second-order valence-corrected chi connectivity index (χ2v) is 7.26. The van der Waals surface area contributed by atoms with Gasteiger partial charge in [0, 0.05) is 10.5 Å². The van der Waals surface area contributed by atoms with Gasteiger partial charge < -0.3 is 9.88 Å². The van der Waals surface area contributed by atoms with Gasteiger partial charge in [0.2, 0.25) is 0 Å². The molecule has 1 aromatic heterocycles. The maximum Gasteiger partial charge on any atom is 0.127 e. The first-order chi connectivity index (χ1) is 9.72. The van der Waals surface area contributed by atoms with Gasteiger partial charge in [0.05, 0.1) is 17.1 Å². The molecule has 1 saturated carbocycles. The van der Waals surface area contributed by atoms with E-state index in [0.29, 0.717) is 12.1 Å². The standard InChI is InChI=1S/C16H20BrN3/c1-10-6-7-18-14(8-10)16-19-13-9-11(17)2-5-15(13)20(16)12-3-4-12/h2,5,9-10,12,14,18H,3-4,6-8H2,1H3. The van der Waals surface area contributed by atoms with E-state index in [2.05, 4.69) is 50.9 Å². The molecule has 1 aliphatic carbocycles. The molecular formula is C16H20BrN3. The summed E-state index contributed by atoms with van der Waals surface area (Å²) in [6.07, 6.45) is 5.09. The van der Waals surface area contributed by atoms with Gasteiger partial charge in [-0.1, -0.05) is 22.9 Å². The number of benzene rings is 1. The lowest BCUT2D eigenvalue weighted by molar-refractivity contribution is 0.310. The van der Waals surface area contributed by atoms with Crippen LogP contribution >= 0.6 is 15.9 Å². The molecule has 4 heteroatoms. The number of rotatable bonds is 2. The summed E-state index contributed by atoms with van der Waals surface area (Å²) in [7, 11) is 0. The molecule has 1 aliphatic heterocycles. The second kappa shape index (κ2) is 4.85. The van der Waals surface area contributed by atoms with E-state index >= 15 is 0 Å². The molecule has 0 bridgehead atoms. The van der Waals surface area contributed by atoms with E-state index in [9.17, 15) is 0 Å². The van der Waals surface area contributed by atoms with Crippen LogP contribution in [0.1, 0.15) is 50.5 Å². The van der Waals surface area contributed by atoms with Crippen LogP contribution in [-0.4, -0.2) is 16.1 Å². The molecule has 20 heavy (non-hydrogen) atoms. The van der Waals surface area contributed by atoms with Gasteiger partial charge in [0.1, 0.15) is 5.82 Å². The van der Waals surface area contributed by atoms with Crippen molar-refractivity contribution in [3.8, 4) is 0 Å². The molecule has 3 nitrogen and oxygen atoms in total. The van der Waals surface area contributed by atoms with E-state index in [-0.39, 0.29) is 0 Å². The lowest BCUT2D eigenvalue weighted by Crippen LogP contribution is -2.32. The maximum absolute atomic E-state index is 4.96. The van der Waals surface area contributed by atoms with E-state index in [1.54, 1.807) is 0 Å². The van der Waals surface area contributed by atoms with Crippen molar-refractivity contribution >= 4 is 27.0 Å². The number of fused-ring (bicyclic) bond motifs is 1. The van der Waals surface area contributed by atoms with Crippen LogP contribution in [0.25, 0.3) is 11.0 Å². The normalized spacial score (nSPS) is 27.1. The highest BCUT2D eigenvalue weighted by Gasteiger charge is 2.32. The highest BCUT2D eigenvalue weighted by atomic mass is 79.9. The number of aromatic nitrogens is 2. The van der Waals surface area contributed by atoms with Crippen molar-refractivity contribution in [2.75, 3.05) is 6.54 Å². The van der Waals surface area contributed by atoms with Gasteiger partial charge in [-0.25, -0.2) is 4.98 Å². The average Bonchev–Trinajstić information content (AvgIpc) is 3.19. The fourth-order valence-electron chi connectivity index (χ4n) is 3.36. The van der Waals surface area contributed by atoms with Crippen LogP contribution in [0.15, 0.2) is 22.7 Å². The third-order valence-electron chi connectivity index (χ3n) is 4.57. The highest BCUT2D eigenvalue weighted by molar-refractivity contribution is 9.10. The number of piperidine rings is 1. The Morgan fingerprint density at radius 2 is 2.15 bits per heavy atom. The van der Waals surface area contributed by atoms with Crippen LogP contribution in [0, 0.1) is 5.92 Å². The monoisotopic (exact) mass is 333 g/mol. The van der Waals surface area contributed by atoms with Gasteiger partial charge in [-0.3, -0.25) is 0 Å². The van der Waals surface area contributed by atoms with Gasteiger partial charge >= 0.3 is 0 Å². The largest absolute Gasteiger partial charge is 0.324 e. The molecule has 0 radical (unpaired) electrons. The van der Waals surface area contributed by atoms with Crippen molar-refractivity contribution < 1.29 is 0 Å². The van der Waals surface area contributed by atoms with Crippen molar-refractivity contribution in [1.29, 1.82) is 0 Å². The molecule has 2 heterocycles. The molecule has 2 aliphatic rings. The Bertz CT molecular complexity index is 644. The first kappa shape index (κ1) is 12.8. The molecule has 2 unspecified atom stereocenters. The second-order valence-electron chi connectivity index (χ2n) is 6.34. The predicted octanol–water partition coefficient (Wildman–Crippen LogP) is 4.19. The van der Waals surface area contributed by atoms with Crippen molar-refractivity contribution in [2.45, 2.75) is 44.7 Å². The van der Waals surface area contributed by atoms with Crippen LogP contribution in [0.5, 0.6) is 0 Å². The number of imidazole rings is 1. The Balaban J connectivity index is 1.83. The van der Waals surface area contributed by atoms with Gasteiger partial charge in [-0.05, 0) is 56.3 Å². The highest BCUT2D eigenvalue weighted by Crippen LogP contribution is 2.41. The van der Waals surface area contributed by atoms with E-state index in [1.807, 2.05) is 0 Å². The Morgan fingerprint density at radius 3 is 2.90 bits per heavy atom. The number of hydrogen-bond donors (Lipinski definition) is 1. The maximum atomic E-state index is 4.96. The quantitative estimate of drug-likeness (QED) is 0.892. The summed E-state index contributed by atoms with van der Waals surface area (Å²) in [6.45, 7) is 3.47. The molecule has 2 fully saturated rings. The van der Waals surface area contributed by atoms with E-state index in [0.717, 1.165) is 22.5 Å². The van der Waals surface area contributed by atoms with Crippen LogP contribution in [0.2, 0.25) is 0 Å². The summed E-state index contributed by atoms with van der Waals surface area (Å²) >= 11 is 3.56. The zero-order valence-electron chi connectivity index (χ0n) is 11.8. The van der Waals surface area contributed by atoms with Gasteiger partial charge in [0.25, 0.3) is 0 Å². The third kappa shape index (κ3) is 2.19. The summed E-state index contributed by atoms with van der Waals surface area (Å²) < 4.78 is 3.61. The SMILES string of the molecule is CC1CCNC(c2nc3cc(Br)ccc3n2C2CC2)C1. The lowest BCUT2D eigenvalue weighted by atomic mass is 9.94. The molecule has 106 valence electrons. The average molecular weight is 334 g/mol. The van der Waals surface area contributed by atoms with E-state index in [1.165, 1.54) is 37.0 Å². The third-order valence-corrected chi connectivity index (χ3v) is 5.06. The van der Waals surface area contributed by atoms with Gasteiger partial charge in [-0.2, -0.15) is 0 Å². The minimum atomic E-state index is 0.422. The van der Waals surface area contributed by atoms with Crippen molar-refractivity contribution in [1.82, 2.24) is 14.9 Å². The van der Waals surface area contributed by atoms with Crippen molar-refractivity contribution in [2.24, 2.45) is 5.92 Å². The van der Waals surface area contributed by atoms with Gasteiger partial charge in [0.15, 0.2) is 0 Å². The molecule has 1 saturated heterocycles.